The first kappa shape index (κ1) is 19.8. The van der Waals surface area contributed by atoms with Crippen LogP contribution in [0.5, 0.6) is 0 Å². The molecule has 0 radical (unpaired) electrons. The van der Waals surface area contributed by atoms with Gasteiger partial charge in [-0.05, 0) is 49.6 Å². The van der Waals surface area contributed by atoms with Crippen molar-refractivity contribution in [3.63, 3.8) is 0 Å². The second kappa shape index (κ2) is 7.54. The molecule has 5 rings (SSSR count). The van der Waals surface area contributed by atoms with Gasteiger partial charge in [0.05, 0.1) is 16.7 Å². The highest BCUT2D eigenvalue weighted by Gasteiger charge is 2.27. The van der Waals surface area contributed by atoms with Crippen molar-refractivity contribution in [2.75, 3.05) is 13.1 Å². The summed E-state index contributed by atoms with van der Waals surface area (Å²) < 4.78 is 4.40. The van der Waals surface area contributed by atoms with Crippen molar-refractivity contribution in [3.8, 4) is 11.5 Å². The van der Waals surface area contributed by atoms with Crippen molar-refractivity contribution < 1.29 is 4.79 Å². The number of rotatable bonds is 3. The van der Waals surface area contributed by atoms with E-state index in [-0.39, 0.29) is 11.9 Å². The highest BCUT2D eigenvalue weighted by Crippen LogP contribution is 2.30. The molecule has 2 aromatic carbocycles. The molecule has 1 aliphatic heterocycles. The highest BCUT2D eigenvalue weighted by atomic mass is 16.2. The maximum atomic E-state index is 13.1. The van der Waals surface area contributed by atoms with Crippen molar-refractivity contribution in [1.82, 2.24) is 19.0 Å². The summed E-state index contributed by atoms with van der Waals surface area (Å²) in [5.41, 5.74) is 11.0. The number of nitrogens with two attached hydrogens (primary N) is 1. The van der Waals surface area contributed by atoms with Crippen LogP contribution in [0.4, 0.5) is 0 Å². The van der Waals surface area contributed by atoms with E-state index in [1.165, 1.54) is 10.9 Å². The molecule has 3 heterocycles. The van der Waals surface area contributed by atoms with Gasteiger partial charge in [0.2, 0.25) is 0 Å². The Balaban J connectivity index is 1.54. The first-order valence-electron chi connectivity index (χ1n) is 11.1. The zero-order valence-electron chi connectivity index (χ0n) is 18.4. The summed E-state index contributed by atoms with van der Waals surface area (Å²) >= 11 is 0. The summed E-state index contributed by atoms with van der Waals surface area (Å²) in [6, 6.07) is 16.5. The molecule has 1 saturated heterocycles. The molecule has 6 heteroatoms. The predicted octanol–water partition coefficient (Wildman–Crippen LogP) is 4.02. The van der Waals surface area contributed by atoms with Gasteiger partial charge in [-0.1, -0.05) is 25.1 Å². The zero-order valence-corrected chi connectivity index (χ0v) is 18.4. The molecule has 0 saturated carbocycles. The van der Waals surface area contributed by atoms with Crippen LogP contribution >= 0.6 is 0 Å². The lowest BCUT2D eigenvalue weighted by molar-refractivity contribution is 0.0672. The van der Waals surface area contributed by atoms with E-state index < -0.39 is 0 Å². The first-order chi connectivity index (χ1) is 15.0. The van der Waals surface area contributed by atoms with Crippen molar-refractivity contribution in [3.05, 3.63) is 54.1 Å². The van der Waals surface area contributed by atoms with Crippen LogP contribution in [0, 0.1) is 5.92 Å². The Bertz CT molecular complexity index is 1280. The topological polar surface area (TPSA) is 69.1 Å². The van der Waals surface area contributed by atoms with Crippen molar-refractivity contribution in [1.29, 1.82) is 0 Å². The molecule has 6 nitrogen and oxygen atoms in total. The van der Waals surface area contributed by atoms with Gasteiger partial charge in [0.15, 0.2) is 5.82 Å². The molecule has 0 bridgehead atoms. The van der Waals surface area contributed by atoms with Gasteiger partial charge in [-0.2, -0.15) is 0 Å². The number of aryl methyl sites for hydroxylation is 2. The van der Waals surface area contributed by atoms with E-state index in [4.69, 9.17) is 10.7 Å². The maximum absolute atomic E-state index is 13.1. The average molecular weight is 416 g/mol. The predicted molar refractivity (Wildman–Crippen MR) is 125 cm³/mol. The van der Waals surface area contributed by atoms with Crippen LogP contribution in [0.1, 0.15) is 30.6 Å². The van der Waals surface area contributed by atoms with Crippen molar-refractivity contribution in [2.24, 2.45) is 18.7 Å². The van der Waals surface area contributed by atoms with Gasteiger partial charge in [-0.15, -0.1) is 0 Å². The standard InChI is InChI=1S/C25H29N5O/c1-4-30-21-8-6-5-7-17(21)14-23(30)24-27-20-13-18(9-10-22(20)28(24)3)25(31)29-12-11-16(2)19(26)15-29/h5-10,13-14,16,19H,4,11-12,15,26H2,1-3H3. The molecule has 1 amide bonds. The summed E-state index contributed by atoms with van der Waals surface area (Å²) in [5, 5.41) is 1.21. The number of amides is 1. The fourth-order valence-electron chi connectivity index (χ4n) is 4.76. The van der Waals surface area contributed by atoms with E-state index in [1.54, 1.807) is 0 Å². The molecule has 0 aliphatic carbocycles. The molecule has 31 heavy (non-hydrogen) atoms. The van der Waals surface area contributed by atoms with Gasteiger partial charge in [0.25, 0.3) is 5.91 Å². The lowest BCUT2D eigenvalue weighted by atomic mass is 9.94. The zero-order chi connectivity index (χ0) is 21.7. The van der Waals surface area contributed by atoms with E-state index in [1.807, 2.05) is 30.1 Å². The number of para-hydroxylation sites is 1. The summed E-state index contributed by atoms with van der Waals surface area (Å²) in [5.74, 6) is 1.40. The third kappa shape index (κ3) is 3.22. The molecule has 160 valence electrons. The quantitative estimate of drug-likeness (QED) is 0.549. The molecule has 4 aromatic rings. The third-order valence-corrected chi connectivity index (χ3v) is 6.79. The maximum Gasteiger partial charge on any atom is 0.253 e. The molecule has 2 unspecified atom stereocenters. The molecular weight excluding hydrogens is 386 g/mol. The number of hydrogen-bond donors (Lipinski definition) is 1. The van der Waals surface area contributed by atoms with Crippen molar-refractivity contribution >= 4 is 27.8 Å². The van der Waals surface area contributed by atoms with Gasteiger partial charge < -0.3 is 19.8 Å². The Kier molecular flexibility index (Phi) is 4.82. The molecule has 1 fully saturated rings. The van der Waals surface area contributed by atoms with E-state index in [0.717, 1.165) is 42.1 Å². The number of nitrogens with zero attached hydrogens (tertiary/aromatic N) is 4. The van der Waals surface area contributed by atoms with Crippen LogP contribution in [-0.2, 0) is 13.6 Å². The first-order valence-corrected chi connectivity index (χ1v) is 11.1. The average Bonchev–Trinajstić information content (AvgIpc) is 3.32. The van der Waals surface area contributed by atoms with Gasteiger partial charge in [-0.25, -0.2) is 4.98 Å². The fraction of sp³-hybridized carbons (Fsp3) is 0.360. The Morgan fingerprint density at radius 3 is 2.74 bits per heavy atom. The van der Waals surface area contributed by atoms with E-state index in [9.17, 15) is 4.79 Å². The number of benzene rings is 2. The number of likely N-dealkylation sites (tertiary alicyclic amines) is 1. The van der Waals surface area contributed by atoms with Gasteiger partial charge in [0, 0.05) is 49.2 Å². The molecular formula is C25H29N5O. The SMILES string of the molecule is CCn1c(-c2nc3cc(C(=O)N4CCC(C)C(N)C4)ccc3n2C)cc2ccccc21. The van der Waals surface area contributed by atoms with Crippen LogP contribution in [0.2, 0.25) is 0 Å². The summed E-state index contributed by atoms with van der Waals surface area (Å²) in [4.78, 5) is 19.9. The fourth-order valence-corrected chi connectivity index (χ4v) is 4.76. The molecule has 2 aromatic heterocycles. The summed E-state index contributed by atoms with van der Waals surface area (Å²) in [6.45, 7) is 6.55. The summed E-state index contributed by atoms with van der Waals surface area (Å²) in [7, 11) is 2.04. The minimum atomic E-state index is 0.0406. The van der Waals surface area contributed by atoms with E-state index >= 15 is 0 Å². The van der Waals surface area contributed by atoms with Crippen LogP contribution < -0.4 is 5.73 Å². The minimum Gasteiger partial charge on any atom is -0.338 e. The smallest absolute Gasteiger partial charge is 0.253 e. The van der Waals surface area contributed by atoms with E-state index in [2.05, 4.69) is 53.3 Å². The molecule has 2 atom stereocenters. The van der Waals surface area contributed by atoms with Gasteiger partial charge in [0.1, 0.15) is 0 Å². The largest absolute Gasteiger partial charge is 0.338 e. The van der Waals surface area contributed by atoms with Gasteiger partial charge >= 0.3 is 0 Å². The number of fused-ring (bicyclic) bond motifs is 2. The van der Waals surface area contributed by atoms with Crippen LogP contribution in [0.3, 0.4) is 0 Å². The number of carbonyl (C=O) groups excluding carboxylic acids is 1. The van der Waals surface area contributed by atoms with Crippen molar-refractivity contribution in [2.45, 2.75) is 32.9 Å². The lowest BCUT2D eigenvalue weighted by Gasteiger charge is -2.35. The Morgan fingerprint density at radius 1 is 1.16 bits per heavy atom. The molecule has 1 aliphatic rings. The number of hydrogen-bond acceptors (Lipinski definition) is 3. The lowest BCUT2D eigenvalue weighted by Crippen LogP contribution is -2.49. The second-order valence-electron chi connectivity index (χ2n) is 8.71. The molecule has 2 N–H and O–H groups in total. The van der Waals surface area contributed by atoms with E-state index in [0.29, 0.717) is 18.0 Å². The number of piperidine rings is 1. The monoisotopic (exact) mass is 415 g/mol. The normalized spacial score (nSPS) is 19.4. The number of carbonyl (C=O) groups is 1. The second-order valence-corrected chi connectivity index (χ2v) is 8.71. The van der Waals surface area contributed by atoms with Crippen LogP contribution in [-0.4, -0.2) is 44.1 Å². The Hall–Kier alpha value is -3.12. The highest BCUT2D eigenvalue weighted by molar-refractivity contribution is 5.98. The third-order valence-electron chi connectivity index (χ3n) is 6.79. The summed E-state index contributed by atoms with van der Waals surface area (Å²) in [6.07, 6.45) is 0.949. The van der Waals surface area contributed by atoms with Crippen LogP contribution in [0.15, 0.2) is 48.5 Å². The van der Waals surface area contributed by atoms with Gasteiger partial charge in [-0.3, -0.25) is 4.79 Å². The molecule has 0 spiro atoms. The Labute approximate surface area is 182 Å². The van der Waals surface area contributed by atoms with Crippen LogP contribution in [0.25, 0.3) is 33.5 Å². The Morgan fingerprint density at radius 2 is 1.97 bits per heavy atom. The minimum absolute atomic E-state index is 0.0406. The number of imidazole rings is 1. The number of aromatic nitrogens is 3.